The first-order valence-electron chi connectivity index (χ1n) is 8.67. The molecule has 0 radical (unpaired) electrons. The number of aromatic nitrogens is 3. The lowest BCUT2D eigenvalue weighted by Gasteiger charge is -2.22. The van der Waals surface area contributed by atoms with Crippen molar-refractivity contribution >= 4 is 16.6 Å². The van der Waals surface area contributed by atoms with Crippen LogP contribution in [0.4, 0.5) is 5.69 Å². The van der Waals surface area contributed by atoms with E-state index in [-0.39, 0.29) is 11.6 Å². The van der Waals surface area contributed by atoms with Gasteiger partial charge in [0.1, 0.15) is 5.56 Å². The zero-order valence-electron chi connectivity index (χ0n) is 14.5. The maximum atomic E-state index is 12.5. The number of fused-ring (bicyclic) bond motifs is 1. The highest BCUT2D eigenvalue weighted by atomic mass is 16.3. The fraction of sp³-hybridized carbons (Fsp3) is 0.300. The molecule has 1 saturated heterocycles. The Morgan fingerprint density at radius 1 is 1.46 bits per heavy atom. The summed E-state index contributed by atoms with van der Waals surface area (Å²) in [7, 11) is 0. The molecule has 0 bridgehead atoms. The van der Waals surface area contributed by atoms with E-state index >= 15 is 0 Å². The van der Waals surface area contributed by atoms with Gasteiger partial charge in [0.05, 0.1) is 23.3 Å². The fourth-order valence-corrected chi connectivity index (χ4v) is 3.67. The summed E-state index contributed by atoms with van der Waals surface area (Å²) in [5, 5.41) is 15.1. The van der Waals surface area contributed by atoms with Crippen LogP contribution in [0.25, 0.3) is 10.9 Å². The minimum atomic E-state index is -0.594. The minimum Gasteiger partial charge on any atom is -0.389 e. The third-order valence-electron chi connectivity index (χ3n) is 5.02. The van der Waals surface area contributed by atoms with Crippen molar-refractivity contribution in [2.75, 3.05) is 18.0 Å². The van der Waals surface area contributed by atoms with Gasteiger partial charge in [-0.25, -0.2) is 0 Å². The molecule has 1 unspecified atom stereocenters. The Balaban J connectivity index is 1.86. The van der Waals surface area contributed by atoms with Crippen LogP contribution in [0.15, 0.2) is 41.5 Å². The first-order chi connectivity index (χ1) is 12.6. The standard InChI is InChI=1S/C20H20N4O2/c1-3-16-19(23-10-7-15(12-23)24-9-4-8-21-24)17-11-14(13(2)25)5-6-18(17)22-20(16)26/h1,4-6,8-9,11,13,15,25H,7,10,12H2,2H3,(H,22,26)/t13?,15-/m1/s1. The number of terminal acetylenes is 1. The van der Waals surface area contributed by atoms with Crippen molar-refractivity contribution in [3.63, 3.8) is 0 Å². The van der Waals surface area contributed by atoms with Crippen LogP contribution in [0.5, 0.6) is 0 Å². The Bertz CT molecular complexity index is 1040. The van der Waals surface area contributed by atoms with Gasteiger partial charge in [0.25, 0.3) is 5.56 Å². The smallest absolute Gasteiger partial charge is 0.266 e. The summed E-state index contributed by atoms with van der Waals surface area (Å²) in [6.45, 7) is 3.24. The summed E-state index contributed by atoms with van der Waals surface area (Å²) in [6.07, 6.45) is 9.73. The first kappa shape index (κ1) is 16.4. The van der Waals surface area contributed by atoms with Gasteiger partial charge in [0.2, 0.25) is 0 Å². The highest BCUT2D eigenvalue weighted by Crippen LogP contribution is 2.34. The summed E-state index contributed by atoms with van der Waals surface area (Å²) < 4.78 is 1.95. The third-order valence-corrected chi connectivity index (χ3v) is 5.02. The molecule has 2 atom stereocenters. The molecular formula is C20H20N4O2. The molecule has 1 aliphatic rings. The topological polar surface area (TPSA) is 74.2 Å². The highest BCUT2D eigenvalue weighted by molar-refractivity contribution is 5.95. The summed E-state index contributed by atoms with van der Waals surface area (Å²) in [6, 6.07) is 7.70. The molecule has 6 nitrogen and oxygen atoms in total. The molecule has 132 valence electrons. The molecule has 2 N–H and O–H groups in total. The Morgan fingerprint density at radius 2 is 2.31 bits per heavy atom. The van der Waals surface area contributed by atoms with Gasteiger partial charge >= 0.3 is 0 Å². The van der Waals surface area contributed by atoms with Gasteiger partial charge in [-0.2, -0.15) is 5.10 Å². The van der Waals surface area contributed by atoms with Gasteiger partial charge in [0, 0.05) is 30.9 Å². The lowest BCUT2D eigenvalue weighted by Crippen LogP contribution is -2.25. The molecule has 0 amide bonds. The van der Waals surface area contributed by atoms with Crippen molar-refractivity contribution in [1.29, 1.82) is 0 Å². The second kappa shape index (κ2) is 6.36. The number of rotatable bonds is 3. The number of hydrogen-bond acceptors (Lipinski definition) is 4. The van der Waals surface area contributed by atoms with Crippen LogP contribution >= 0.6 is 0 Å². The second-order valence-corrected chi connectivity index (χ2v) is 6.68. The van der Waals surface area contributed by atoms with E-state index in [1.54, 1.807) is 13.1 Å². The average Bonchev–Trinajstić information content (AvgIpc) is 3.31. The van der Waals surface area contributed by atoms with Crippen LogP contribution < -0.4 is 10.5 Å². The molecule has 0 saturated carbocycles. The van der Waals surface area contributed by atoms with E-state index < -0.39 is 6.10 Å². The number of aliphatic hydroxyl groups excluding tert-OH is 1. The van der Waals surface area contributed by atoms with Crippen molar-refractivity contribution in [3.8, 4) is 12.3 Å². The molecular weight excluding hydrogens is 328 g/mol. The third kappa shape index (κ3) is 2.67. The highest BCUT2D eigenvalue weighted by Gasteiger charge is 2.28. The molecule has 1 aromatic carbocycles. The first-order valence-corrected chi connectivity index (χ1v) is 8.67. The van der Waals surface area contributed by atoms with E-state index in [9.17, 15) is 9.90 Å². The van der Waals surface area contributed by atoms with Gasteiger partial charge in [-0.3, -0.25) is 9.48 Å². The number of anilines is 1. The molecule has 1 fully saturated rings. The van der Waals surface area contributed by atoms with Crippen LogP contribution in [0, 0.1) is 12.3 Å². The van der Waals surface area contributed by atoms with Gasteiger partial charge in [-0.15, -0.1) is 6.42 Å². The SMILES string of the molecule is C#Cc1c(N2CC[C@@H](n3cccn3)C2)c2cc(C(C)O)ccc2[nH]c1=O. The van der Waals surface area contributed by atoms with Gasteiger partial charge in [-0.05, 0) is 37.1 Å². The Kier molecular flexibility index (Phi) is 4.02. The van der Waals surface area contributed by atoms with Crippen molar-refractivity contribution in [1.82, 2.24) is 14.8 Å². The lowest BCUT2D eigenvalue weighted by atomic mass is 10.0. The van der Waals surface area contributed by atoms with Crippen molar-refractivity contribution < 1.29 is 5.11 Å². The summed E-state index contributed by atoms with van der Waals surface area (Å²) in [4.78, 5) is 17.5. The Labute approximate surface area is 151 Å². The zero-order valence-corrected chi connectivity index (χ0v) is 14.5. The molecule has 4 rings (SSSR count). The van der Waals surface area contributed by atoms with Crippen LogP contribution in [0.1, 0.15) is 36.6 Å². The molecule has 3 heterocycles. The Hall–Kier alpha value is -3.04. The van der Waals surface area contributed by atoms with E-state index in [0.717, 1.165) is 41.7 Å². The summed E-state index contributed by atoms with van der Waals surface area (Å²) in [5.41, 5.74) is 2.35. The predicted molar refractivity (Wildman–Crippen MR) is 101 cm³/mol. The number of nitrogens with one attached hydrogen (secondary N) is 1. The van der Waals surface area contributed by atoms with Gasteiger partial charge in [0.15, 0.2) is 0 Å². The molecule has 1 aliphatic heterocycles. The largest absolute Gasteiger partial charge is 0.389 e. The minimum absolute atomic E-state index is 0.241. The summed E-state index contributed by atoms with van der Waals surface area (Å²) >= 11 is 0. The average molecular weight is 348 g/mol. The summed E-state index contributed by atoms with van der Waals surface area (Å²) in [5.74, 6) is 2.56. The van der Waals surface area contributed by atoms with E-state index in [2.05, 4.69) is 20.9 Å². The maximum Gasteiger partial charge on any atom is 0.266 e. The van der Waals surface area contributed by atoms with E-state index in [0.29, 0.717) is 5.56 Å². The van der Waals surface area contributed by atoms with Gasteiger partial charge in [-0.1, -0.05) is 12.0 Å². The molecule has 26 heavy (non-hydrogen) atoms. The van der Waals surface area contributed by atoms with E-state index in [1.807, 2.05) is 35.1 Å². The fourth-order valence-electron chi connectivity index (χ4n) is 3.67. The van der Waals surface area contributed by atoms with Crippen molar-refractivity contribution in [2.45, 2.75) is 25.5 Å². The van der Waals surface area contributed by atoms with Crippen molar-refractivity contribution in [3.05, 3.63) is 58.1 Å². The maximum absolute atomic E-state index is 12.5. The molecule has 3 aromatic rings. The second-order valence-electron chi connectivity index (χ2n) is 6.68. The number of aliphatic hydroxyl groups is 1. The lowest BCUT2D eigenvalue weighted by molar-refractivity contribution is 0.199. The van der Waals surface area contributed by atoms with Crippen LogP contribution in [-0.2, 0) is 0 Å². The monoisotopic (exact) mass is 348 g/mol. The normalized spacial score (nSPS) is 18.2. The predicted octanol–water partition coefficient (Wildman–Crippen LogP) is 2.21. The quantitative estimate of drug-likeness (QED) is 0.712. The van der Waals surface area contributed by atoms with E-state index in [4.69, 9.17) is 6.42 Å². The number of pyridine rings is 1. The molecule has 6 heteroatoms. The van der Waals surface area contributed by atoms with Crippen LogP contribution in [-0.4, -0.2) is 33.0 Å². The molecule has 0 spiro atoms. The number of hydrogen-bond donors (Lipinski definition) is 2. The van der Waals surface area contributed by atoms with E-state index in [1.165, 1.54) is 0 Å². The number of nitrogens with zero attached hydrogens (tertiary/aromatic N) is 3. The number of H-pyrrole nitrogens is 1. The van der Waals surface area contributed by atoms with Crippen LogP contribution in [0.3, 0.4) is 0 Å². The Morgan fingerprint density at radius 3 is 3.00 bits per heavy atom. The molecule has 0 aliphatic carbocycles. The van der Waals surface area contributed by atoms with Crippen LogP contribution in [0.2, 0.25) is 0 Å². The van der Waals surface area contributed by atoms with Gasteiger partial charge < -0.3 is 15.0 Å². The number of aromatic amines is 1. The molecule has 2 aromatic heterocycles. The zero-order chi connectivity index (χ0) is 18.3. The van der Waals surface area contributed by atoms with Crippen molar-refractivity contribution in [2.24, 2.45) is 0 Å². The number of benzene rings is 1.